The highest BCUT2D eigenvalue weighted by Crippen LogP contribution is 2.12. The molecule has 0 aliphatic rings. The Balaban J connectivity index is 1.88. The second kappa shape index (κ2) is 7.83. The van der Waals surface area contributed by atoms with Gasteiger partial charge in [-0.1, -0.05) is 24.3 Å². The Morgan fingerprint density at radius 3 is 2.71 bits per heavy atom. The summed E-state index contributed by atoms with van der Waals surface area (Å²) in [5.41, 5.74) is 2.01. The molecule has 2 aromatic rings. The number of nitrogens with one attached hydrogen (secondary N) is 1. The summed E-state index contributed by atoms with van der Waals surface area (Å²) >= 11 is 2.25. The van der Waals surface area contributed by atoms with Crippen LogP contribution < -0.4 is 10.1 Å². The number of halogens is 1. The lowest BCUT2D eigenvalue weighted by Crippen LogP contribution is -2.20. The molecule has 2 aromatic carbocycles. The van der Waals surface area contributed by atoms with Crippen molar-refractivity contribution in [3.8, 4) is 5.75 Å². The van der Waals surface area contributed by atoms with Gasteiger partial charge in [0.05, 0.1) is 7.11 Å². The number of benzene rings is 2. The highest BCUT2D eigenvalue weighted by atomic mass is 127. The number of rotatable bonds is 5. The number of carbonyl (C=O) groups excluding carboxylic acids is 1. The van der Waals surface area contributed by atoms with Gasteiger partial charge in [-0.2, -0.15) is 0 Å². The van der Waals surface area contributed by atoms with Gasteiger partial charge in [0.15, 0.2) is 0 Å². The Morgan fingerprint density at radius 1 is 1.24 bits per heavy atom. The lowest BCUT2D eigenvalue weighted by molar-refractivity contribution is -0.116. The van der Waals surface area contributed by atoms with E-state index in [4.69, 9.17) is 4.74 Å². The van der Waals surface area contributed by atoms with Crippen LogP contribution in [0.15, 0.2) is 54.6 Å². The summed E-state index contributed by atoms with van der Waals surface area (Å²) in [6, 6.07) is 15.6. The van der Waals surface area contributed by atoms with Crippen molar-refractivity contribution in [3.63, 3.8) is 0 Å². The van der Waals surface area contributed by atoms with Crippen molar-refractivity contribution in [2.45, 2.75) is 6.54 Å². The number of ether oxygens (including phenoxy) is 1. The Morgan fingerprint density at radius 2 is 2.00 bits per heavy atom. The molecule has 4 heteroatoms. The molecule has 2 rings (SSSR count). The van der Waals surface area contributed by atoms with Crippen molar-refractivity contribution >= 4 is 34.6 Å². The molecular weight excluding hydrogens is 377 g/mol. The summed E-state index contributed by atoms with van der Waals surface area (Å²) in [4.78, 5) is 11.8. The van der Waals surface area contributed by atoms with E-state index in [-0.39, 0.29) is 5.91 Å². The van der Waals surface area contributed by atoms with Crippen LogP contribution in [0.1, 0.15) is 11.1 Å². The monoisotopic (exact) mass is 393 g/mol. The second-order valence-corrected chi connectivity index (χ2v) is 5.70. The van der Waals surface area contributed by atoms with Crippen LogP contribution in [0.5, 0.6) is 5.75 Å². The maximum absolute atomic E-state index is 11.8. The standard InChI is InChI=1S/C17H16INO2/c1-21-16-4-2-3-14(11-16)12-19-17(20)10-7-13-5-8-15(18)9-6-13/h2-11H,12H2,1H3,(H,19,20). The third kappa shape index (κ3) is 5.23. The zero-order valence-corrected chi connectivity index (χ0v) is 13.8. The molecular formula is C17H16INO2. The molecule has 0 spiro atoms. The van der Waals surface area contributed by atoms with E-state index < -0.39 is 0 Å². The van der Waals surface area contributed by atoms with E-state index in [1.807, 2.05) is 48.5 Å². The largest absolute Gasteiger partial charge is 0.497 e. The van der Waals surface area contributed by atoms with E-state index in [9.17, 15) is 4.79 Å². The Bertz CT molecular complexity index is 635. The normalized spacial score (nSPS) is 10.6. The molecule has 1 N–H and O–H groups in total. The van der Waals surface area contributed by atoms with Crippen LogP contribution in [-0.2, 0) is 11.3 Å². The molecule has 0 saturated carbocycles. The SMILES string of the molecule is COc1cccc(CNC(=O)C=Cc2ccc(I)cc2)c1. The van der Waals surface area contributed by atoms with Crippen LogP contribution in [-0.4, -0.2) is 13.0 Å². The molecule has 0 unspecified atom stereocenters. The van der Waals surface area contributed by atoms with Gasteiger partial charge in [0.2, 0.25) is 5.91 Å². The number of amides is 1. The fourth-order valence-electron chi connectivity index (χ4n) is 1.78. The van der Waals surface area contributed by atoms with Crippen LogP contribution in [0.4, 0.5) is 0 Å². The first kappa shape index (κ1) is 15.6. The third-order valence-corrected chi connectivity index (χ3v) is 3.62. The van der Waals surface area contributed by atoms with Crippen LogP contribution in [0.3, 0.4) is 0 Å². The first-order valence-electron chi connectivity index (χ1n) is 6.52. The lowest BCUT2D eigenvalue weighted by Gasteiger charge is -2.05. The summed E-state index contributed by atoms with van der Waals surface area (Å²) in [5, 5.41) is 2.85. The molecule has 0 aliphatic carbocycles. The fourth-order valence-corrected chi connectivity index (χ4v) is 2.14. The molecule has 0 radical (unpaired) electrons. The smallest absolute Gasteiger partial charge is 0.244 e. The molecule has 1 amide bonds. The molecule has 0 aliphatic heterocycles. The third-order valence-electron chi connectivity index (χ3n) is 2.90. The van der Waals surface area contributed by atoms with E-state index >= 15 is 0 Å². The van der Waals surface area contributed by atoms with Gasteiger partial charge in [-0.15, -0.1) is 0 Å². The van der Waals surface area contributed by atoms with Crippen molar-refractivity contribution in [1.29, 1.82) is 0 Å². The fraction of sp³-hybridized carbons (Fsp3) is 0.118. The van der Waals surface area contributed by atoms with E-state index in [1.54, 1.807) is 19.3 Å². The van der Waals surface area contributed by atoms with Crippen molar-refractivity contribution in [2.75, 3.05) is 7.11 Å². The molecule has 0 bridgehead atoms. The highest BCUT2D eigenvalue weighted by molar-refractivity contribution is 14.1. The minimum atomic E-state index is -0.114. The summed E-state index contributed by atoms with van der Waals surface area (Å²) in [6.07, 6.45) is 3.35. The molecule has 0 atom stereocenters. The number of hydrogen-bond donors (Lipinski definition) is 1. The second-order valence-electron chi connectivity index (χ2n) is 4.45. The maximum Gasteiger partial charge on any atom is 0.244 e. The average Bonchev–Trinajstić information content (AvgIpc) is 2.52. The van der Waals surface area contributed by atoms with Crippen LogP contribution in [0.25, 0.3) is 6.08 Å². The van der Waals surface area contributed by atoms with Gasteiger partial charge in [0, 0.05) is 16.2 Å². The van der Waals surface area contributed by atoms with Gasteiger partial charge in [-0.25, -0.2) is 0 Å². The van der Waals surface area contributed by atoms with Crippen LogP contribution in [0.2, 0.25) is 0 Å². The van der Waals surface area contributed by atoms with Crippen molar-refractivity contribution in [3.05, 3.63) is 69.3 Å². The molecule has 0 saturated heterocycles. The summed E-state index contributed by atoms with van der Waals surface area (Å²) in [6.45, 7) is 0.479. The zero-order valence-electron chi connectivity index (χ0n) is 11.7. The quantitative estimate of drug-likeness (QED) is 0.623. The van der Waals surface area contributed by atoms with E-state index in [0.717, 1.165) is 16.9 Å². The summed E-state index contributed by atoms with van der Waals surface area (Å²) in [7, 11) is 1.63. The summed E-state index contributed by atoms with van der Waals surface area (Å²) in [5.74, 6) is 0.674. The Labute approximate surface area is 138 Å². The van der Waals surface area contributed by atoms with Gasteiger partial charge in [-0.05, 0) is 64.1 Å². The van der Waals surface area contributed by atoms with E-state index in [1.165, 1.54) is 3.57 Å². The lowest BCUT2D eigenvalue weighted by atomic mass is 10.2. The number of hydrogen-bond acceptors (Lipinski definition) is 2. The van der Waals surface area contributed by atoms with Crippen molar-refractivity contribution in [2.24, 2.45) is 0 Å². The van der Waals surface area contributed by atoms with E-state index in [2.05, 4.69) is 27.9 Å². The zero-order chi connectivity index (χ0) is 15.1. The Hall–Kier alpha value is -1.82. The average molecular weight is 393 g/mol. The topological polar surface area (TPSA) is 38.3 Å². The minimum absolute atomic E-state index is 0.114. The van der Waals surface area contributed by atoms with E-state index in [0.29, 0.717) is 6.54 Å². The maximum atomic E-state index is 11.8. The predicted molar refractivity (Wildman–Crippen MR) is 93.0 cm³/mol. The molecule has 3 nitrogen and oxygen atoms in total. The predicted octanol–water partition coefficient (Wildman–Crippen LogP) is 3.63. The van der Waals surface area contributed by atoms with Gasteiger partial charge >= 0.3 is 0 Å². The van der Waals surface area contributed by atoms with Crippen LogP contribution in [0, 0.1) is 3.57 Å². The van der Waals surface area contributed by atoms with Gasteiger partial charge in [-0.3, -0.25) is 4.79 Å². The number of carbonyl (C=O) groups is 1. The van der Waals surface area contributed by atoms with Crippen molar-refractivity contribution < 1.29 is 9.53 Å². The van der Waals surface area contributed by atoms with Gasteiger partial charge < -0.3 is 10.1 Å². The van der Waals surface area contributed by atoms with Crippen LogP contribution >= 0.6 is 22.6 Å². The van der Waals surface area contributed by atoms with Gasteiger partial charge in [0.25, 0.3) is 0 Å². The molecule has 21 heavy (non-hydrogen) atoms. The minimum Gasteiger partial charge on any atom is -0.497 e. The first-order valence-corrected chi connectivity index (χ1v) is 7.59. The molecule has 0 heterocycles. The molecule has 108 valence electrons. The first-order chi connectivity index (χ1) is 10.2. The Kier molecular flexibility index (Phi) is 5.80. The van der Waals surface area contributed by atoms with Gasteiger partial charge in [0.1, 0.15) is 5.75 Å². The molecule has 0 aromatic heterocycles. The number of methoxy groups -OCH3 is 1. The summed E-state index contributed by atoms with van der Waals surface area (Å²) < 4.78 is 6.32. The molecule has 0 fully saturated rings. The van der Waals surface area contributed by atoms with Crippen molar-refractivity contribution in [1.82, 2.24) is 5.32 Å². The highest BCUT2D eigenvalue weighted by Gasteiger charge is 1.98.